The Bertz CT molecular complexity index is 3720. The highest BCUT2D eigenvalue weighted by atomic mass is 16.7. The van der Waals surface area contributed by atoms with E-state index in [-0.39, 0.29) is 139 Å². The van der Waals surface area contributed by atoms with E-state index >= 15 is 0 Å². The van der Waals surface area contributed by atoms with Crippen molar-refractivity contribution >= 4 is 41.2 Å². The zero-order valence-electron chi connectivity index (χ0n) is 72.3. The summed E-state index contributed by atoms with van der Waals surface area (Å²) in [7, 11) is 0. The van der Waals surface area contributed by atoms with Crippen molar-refractivity contribution in [2.24, 2.45) is 41.4 Å². The summed E-state index contributed by atoms with van der Waals surface area (Å²) in [5, 5.41) is 138. The number of amides is 6. The lowest BCUT2D eigenvalue weighted by Gasteiger charge is -2.49. The van der Waals surface area contributed by atoms with Gasteiger partial charge in [-0.25, -0.2) is 9.36 Å². The van der Waals surface area contributed by atoms with Gasteiger partial charge in [-0.3, -0.25) is 33.6 Å². The van der Waals surface area contributed by atoms with Gasteiger partial charge >= 0.3 is 0 Å². The summed E-state index contributed by atoms with van der Waals surface area (Å²) >= 11 is 0. The number of aliphatic hydroxyl groups is 10. The van der Waals surface area contributed by atoms with Gasteiger partial charge in [0.05, 0.1) is 94.6 Å². The highest BCUT2D eigenvalue weighted by Gasteiger charge is 2.56. The maximum absolute atomic E-state index is 14.4. The molecule has 0 unspecified atom stereocenters. The average Bonchev–Trinajstić information content (AvgIpc) is 1.77. The maximum atomic E-state index is 14.4. The molecule has 40 nitrogen and oxygen atoms in total. The first-order chi connectivity index (χ1) is 59.6. The number of likely N-dealkylation sites (tertiary alicyclic amines) is 2. The van der Waals surface area contributed by atoms with Gasteiger partial charge in [0.15, 0.2) is 36.5 Å². The van der Waals surface area contributed by atoms with Crippen LogP contribution in [-0.2, 0) is 89.2 Å². The van der Waals surface area contributed by atoms with Crippen LogP contribution in [0.4, 0.5) is 0 Å². The predicted octanol–water partition coefficient (Wildman–Crippen LogP) is -0.574. The summed E-state index contributed by atoms with van der Waals surface area (Å²) in [5.74, 6) is -5.06. The van der Waals surface area contributed by atoms with Crippen LogP contribution in [0.3, 0.4) is 0 Å². The molecule has 2 aromatic heterocycles. The lowest BCUT2D eigenvalue weighted by Crippen LogP contribution is -2.67. The van der Waals surface area contributed by atoms with Crippen LogP contribution >= 0.6 is 0 Å². The molecule has 4 aliphatic carbocycles. The Morgan fingerprint density at radius 3 is 1.42 bits per heavy atom. The van der Waals surface area contributed by atoms with Crippen LogP contribution in [-0.4, -0.2) is 358 Å². The summed E-state index contributed by atoms with van der Waals surface area (Å²) < 4.78 is 73.3. The molecular formula is C85H140N12O28. The monoisotopic (exact) mass is 1780 g/mol. The van der Waals surface area contributed by atoms with E-state index in [0.29, 0.717) is 51.9 Å². The molecule has 6 aliphatic heterocycles. The van der Waals surface area contributed by atoms with Gasteiger partial charge in [-0.05, 0) is 95.3 Å². The van der Waals surface area contributed by atoms with Crippen LogP contribution in [0.15, 0.2) is 12.4 Å². The van der Waals surface area contributed by atoms with Crippen molar-refractivity contribution in [1.82, 2.24) is 61.1 Å². The molecule has 0 spiro atoms. The van der Waals surface area contributed by atoms with Crippen LogP contribution in [0.1, 0.15) is 211 Å². The minimum Gasteiger partial charge on any atom is -0.394 e. The summed E-state index contributed by atoms with van der Waals surface area (Å²) in [6.07, 6.45) is -13.0. The van der Waals surface area contributed by atoms with E-state index in [0.717, 1.165) is 77.0 Å². The van der Waals surface area contributed by atoms with Crippen molar-refractivity contribution in [3.8, 4) is 0 Å². The second kappa shape index (κ2) is 47.1. The van der Waals surface area contributed by atoms with Gasteiger partial charge in [-0.2, -0.15) is 0 Å². The lowest BCUT2D eigenvalue weighted by molar-refractivity contribution is -0.343. The summed E-state index contributed by atoms with van der Waals surface area (Å²) in [4.78, 5) is 100. The van der Waals surface area contributed by atoms with Crippen LogP contribution in [0, 0.1) is 41.4 Å². The molecular weight excluding hydrogens is 1640 g/mol. The average molecular weight is 1780 g/mol. The fourth-order valence-electron chi connectivity index (χ4n) is 19.3. The predicted molar refractivity (Wildman–Crippen MR) is 439 cm³/mol. The van der Waals surface area contributed by atoms with Crippen molar-refractivity contribution in [3.05, 3.63) is 23.8 Å². The molecule has 8 heterocycles. The molecule has 0 radical (unpaired) electrons. The van der Waals surface area contributed by atoms with E-state index in [1.807, 2.05) is 13.8 Å². The Hall–Kier alpha value is -6.07. The van der Waals surface area contributed by atoms with E-state index in [4.69, 9.17) is 52.1 Å². The number of nitrogens with one attached hydrogen (secondary N) is 4. The minimum absolute atomic E-state index is 0. The number of carbonyl (C=O) groups is 7. The van der Waals surface area contributed by atoms with Crippen molar-refractivity contribution in [3.63, 3.8) is 0 Å². The zero-order valence-corrected chi connectivity index (χ0v) is 72.3. The molecule has 12 rings (SSSR count). The zero-order chi connectivity index (χ0) is 88.6. The Balaban J connectivity index is 0.0000152. The van der Waals surface area contributed by atoms with Gasteiger partial charge in [0.2, 0.25) is 11.8 Å². The number of Topliss-reactive ketones (excluding diaryl/α,β-unsaturated/α-hetero) is 1. The number of ketones is 1. The van der Waals surface area contributed by atoms with Crippen LogP contribution in [0.5, 0.6) is 0 Å². The van der Waals surface area contributed by atoms with Gasteiger partial charge in [0.1, 0.15) is 91.2 Å². The standard InChI is InChI=1S/C84H136N12O28.CH4/c1-7-50-36-52(38-57(73(50)123-83-70(107)68(105)64(101)45(4)115-83)120-82-63(88-47(6)99)75(67(104)62(43-98)122-82)118-60(80(113)94-28-17-29-94)35-49-20-13-10-14-21-49)56(100)22-15-23-85-77(110)54-40-95(91-89-54)30-32-114-33-31-96-41-55(90-92-96)78(111)87-25-24-86-76(109)53-37-51(8-2)74(124-84-71(108)69(106)65(102)46(5)116-84)58(39-53)119-81-44(3)72(66(103)61(42-97)121-81)117-59(79(112)93-26-16-27-93)34-48-18-11-9-12-19-48;/h40-41,44-46,48-53,57-75,81-84,97-98,101-108H,7-39,42-43H2,1-6H3,(H,85,110)(H,86,109)(H,87,111)(H,88,99);1H4/t44-,45+,46+,50+,51+,52-,53-,57-,58-,59+,60+,61-,62-,63-,64-,65-,66+,67+,68-,69-,70+,71+,72-,73-,74-,75-,81-,82-,83+,84+;/m1./s1. The highest BCUT2D eigenvalue weighted by Crippen LogP contribution is 2.44. The molecule has 125 heavy (non-hydrogen) atoms. The Morgan fingerprint density at radius 1 is 0.504 bits per heavy atom. The Morgan fingerprint density at radius 2 is 0.952 bits per heavy atom. The number of hydrogen-bond acceptors (Lipinski definition) is 32. The number of aromatic nitrogens is 6. The van der Waals surface area contributed by atoms with E-state index in [2.05, 4.69) is 41.9 Å². The van der Waals surface area contributed by atoms with Crippen LogP contribution in [0.25, 0.3) is 0 Å². The number of ether oxygens (including phenoxy) is 11. The quantitative estimate of drug-likeness (QED) is 0.0371. The molecule has 4 saturated carbocycles. The van der Waals surface area contributed by atoms with Gasteiger partial charge in [0, 0.05) is 76.9 Å². The number of aliphatic hydroxyl groups excluding tert-OH is 10. The van der Waals surface area contributed by atoms with Crippen LogP contribution < -0.4 is 21.3 Å². The van der Waals surface area contributed by atoms with Crippen molar-refractivity contribution in [2.45, 2.75) is 357 Å². The normalized spacial score (nSPS) is 35.9. The first-order valence-corrected chi connectivity index (χ1v) is 45.4. The largest absolute Gasteiger partial charge is 0.394 e. The van der Waals surface area contributed by atoms with Crippen molar-refractivity contribution in [2.75, 3.05) is 72.2 Å². The second-order valence-corrected chi connectivity index (χ2v) is 35.8. The highest BCUT2D eigenvalue weighted by molar-refractivity contribution is 5.92. The Labute approximate surface area is 730 Å². The second-order valence-electron chi connectivity index (χ2n) is 35.8. The summed E-state index contributed by atoms with van der Waals surface area (Å²) in [5.41, 5.74) is 0.0199. The third-order valence-corrected chi connectivity index (χ3v) is 27.1. The van der Waals surface area contributed by atoms with Gasteiger partial charge < -0.3 is 134 Å². The molecule has 6 saturated heterocycles. The molecule has 14 N–H and O–H groups in total. The van der Waals surface area contributed by atoms with E-state index < -0.39 is 214 Å². The molecule has 2 aromatic rings. The molecule has 30 atom stereocenters. The summed E-state index contributed by atoms with van der Waals surface area (Å²) in [6.45, 7) is 11.7. The van der Waals surface area contributed by atoms with Crippen LogP contribution in [0.2, 0.25) is 0 Å². The van der Waals surface area contributed by atoms with Gasteiger partial charge in [-0.1, -0.05) is 116 Å². The van der Waals surface area contributed by atoms with Gasteiger partial charge in [0.25, 0.3) is 23.6 Å². The fraction of sp³-hybridized carbons (Fsp3) is 0.871. The molecule has 6 amide bonds. The molecule has 10 fully saturated rings. The third-order valence-electron chi connectivity index (χ3n) is 27.1. The lowest BCUT2D eigenvalue weighted by atomic mass is 9.74. The van der Waals surface area contributed by atoms with Gasteiger partial charge in [-0.15, -0.1) is 10.2 Å². The smallest absolute Gasteiger partial charge is 0.273 e. The van der Waals surface area contributed by atoms with E-state index in [1.165, 1.54) is 42.5 Å². The third kappa shape index (κ3) is 25.4. The van der Waals surface area contributed by atoms with E-state index in [9.17, 15) is 84.6 Å². The number of carbonyl (C=O) groups excluding carboxylic acids is 7. The van der Waals surface area contributed by atoms with E-state index in [1.54, 1.807) is 16.7 Å². The molecule has 0 bridgehead atoms. The molecule has 40 heteroatoms. The maximum Gasteiger partial charge on any atom is 0.273 e. The number of rotatable bonds is 40. The minimum atomic E-state index is -1.70. The molecule has 10 aliphatic rings. The molecule has 0 aromatic carbocycles. The summed E-state index contributed by atoms with van der Waals surface area (Å²) in [6, 6.07) is -1.27. The SMILES string of the molecule is C.CC[C@H]1C[C@@H](C(=O)NCCNC(=O)c2cn(CCOCCn3cc(C(=O)NCCCC(=O)[C@@H]4C[C@H](CC)[C@@H](O[C@@H]5O[C@@H](C)[C@@H](O)[C@@H](O)[C@@H]5O)[C@H](O[C@@H]5O[C@H](CO)[C@H](O)[C@H](O[C@@H](CC6CCCCC6)C(=O)N6CCC6)[C@H]5NC(C)=O)C4)nn3)nn2)C[C@@H](O[C@@H]2O[C@H](CO)[C@H](O)[C@H](O[C@@H](CC3CCCCC3)C(=O)N3CCC3)[C@H]2C)[C@@H]1O[C@@H]1O[C@@H](C)[C@@H](O)[C@@H](O)[C@@H]1O. The number of nitrogens with zero attached hydrogens (tertiary/aromatic N) is 8. The first kappa shape index (κ1) is 99.5. The topological polar surface area (TPSA) is 539 Å². The molecule has 708 valence electrons. The Kier molecular flexibility index (Phi) is 37.5. The first-order valence-electron chi connectivity index (χ1n) is 45.4. The fourth-order valence-corrected chi connectivity index (χ4v) is 19.3. The number of hydrogen-bond donors (Lipinski definition) is 14. The van der Waals surface area contributed by atoms with Crippen molar-refractivity contribution < 1.29 is 137 Å². The van der Waals surface area contributed by atoms with Crippen molar-refractivity contribution in [1.29, 1.82) is 0 Å².